The van der Waals surface area contributed by atoms with Crippen LogP contribution in [0.3, 0.4) is 0 Å². The van der Waals surface area contributed by atoms with Gasteiger partial charge in [0.25, 0.3) is 0 Å². The van der Waals surface area contributed by atoms with Crippen LogP contribution in [0.4, 0.5) is 17.8 Å². The normalized spacial score (nSPS) is 15.7. The fourth-order valence-corrected chi connectivity index (χ4v) is 2.55. The van der Waals surface area contributed by atoms with E-state index in [1.54, 1.807) is 0 Å². The molecule has 1 aliphatic carbocycles. The van der Waals surface area contributed by atoms with Crippen LogP contribution in [0.5, 0.6) is 0 Å². The summed E-state index contributed by atoms with van der Waals surface area (Å²) in [7, 11) is 3.78. The molecule has 1 aliphatic rings. The Balaban J connectivity index is 1.78. The van der Waals surface area contributed by atoms with Crippen LogP contribution in [0, 0.1) is 5.92 Å². The minimum absolute atomic E-state index is 0.261. The van der Waals surface area contributed by atoms with Crippen molar-refractivity contribution in [3.05, 3.63) is 0 Å². The highest BCUT2D eigenvalue weighted by molar-refractivity contribution is 5.40. The van der Waals surface area contributed by atoms with Gasteiger partial charge in [-0.1, -0.05) is 25.7 Å². The molecule has 0 unspecified atom stereocenters. The zero-order chi connectivity index (χ0) is 13.7. The van der Waals surface area contributed by atoms with E-state index in [4.69, 9.17) is 5.73 Å². The van der Waals surface area contributed by atoms with Gasteiger partial charge in [0.15, 0.2) is 0 Å². The molecule has 0 amide bonds. The number of aromatic nitrogens is 3. The molecule has 1 heterocycles. The number of anilines is 3. The van der Waals surface area contributed by atoms with Gasteiger partial charge in [0.05, 0.1) is 0 Å². The van der Waals surface area contributed by atoms with Crippen molar-refractivity contribution in [2.75, 3.05) is 36.6 Å². The molecule has 6 heteroatoms. The summed E-state index contributed by atoms with van der Waals surface area (Å²) in [5, 5.41) is 3.24. The summed E-state index contributed by atoms with van der Waals surface area (Å²) in [4.78, 5) is 14.3. The Morgan fingerprint density at radius 2 is 1.95 bits per heavy atom. The second-order valence-electron chi connectivity index (χ2n) is 5.43. The Labute approximate surface area is 114 Å². The van der Waals surface area contributed by atoms with Crippen LogP contribution < -0.4 is 16.0 Å². The number of nitrogens with two attached hydrogens (primary N) is 1. The van der Waals surface area contributed by atoms with Crippen LogP contribution in [-0.2, 0) is 0 Å². The molecule has 2 rings (SSSR count). The van der Waals surface area contributed by atoms with Crippen LogP contribution >= 0.6 is 0 Å². The molecule has 0 radical (unpaired) electrons. The molecule has 0 aromatic carbocycles. The first-order chi connectivity index (χ1) is 9.15. The highest BCUT2D eigenvalue weighted by Gasteiger charge is 2.14. The number of nitrogens with one attached hydrogen (secondary N) is 1. The van der Waals surface area contributed by atoms with Gasteiger partial charge in [-0.3, -0.25) is 0 Å². The molecular formula is C13H24N6. The van der Waals surface area contributed by atoms with Crippen LogP contribution in [0.2, 0.25) is 0 Å². The van der Waals surface area contributed by atoms with Gasteiger partial charge in [-0.25, -0.2) is 0 Å². The number of hydrogen-bond acceptors (Lipinski definition) is 6. The van der Waals surface area contributed by atoms with Crippen molar-refractivity contribution in [3.63, 3.8) is 0 Å². The maximum absolute atomic E-state index is 5.67. The molecule has 0 spiro atoms. The van der Waals surface area contributed by atoms with Crippen molar-refractivity contribution < 1.29 is 0 Å². The summed E-state index contributed by atoms with van der Waals surface area (Å²) in [6.07, 6.45) is 8.09. The number of nitrogens with zero attached hydrogens (tertiary/aromatic N) is 4. The maximum atomic E-state index is 5.67. The van der Waals surface area contributed by atoms with E-state index < -0.39 is 0 Å². The van der Waals surface area contributed by atoms with E-state index in [0.29, 0.717) is 11.9 Å². The zero-order valence-electron chi connectivity index (χ0n) is 11.9. The van der Waals surface area contributed by atoms with Crippen LogP contribution in [0.25, 0.3) is 0 Å². The van der Waals surface area contributed by atoms with Gasteiger partial charge in [0, 0.05) is 20.6 Å². The summed E-state index contributed by atoms with van der Waals surface area (Å²) in [5.74, 6) is 2.35. The van der Waals surface area contributed by atoms with Gasteiger partial charge in [-0.2, -0.15) is 15.0 Å². The van der Waals surface area contributed by atoms with Crippen LogP contribution in [-0.4, -0.2) is 35.6 Å². The number of nitrogen functional groups attached to an aromatic ring is 1. The number of rotatable bonds is 6. The monoisotopic (exact) mass is 264 g/mol. The van der Waals surface area contributed by atoms with Crippen molar-refractivity contribution in [1.29, 1.82) is 0 Å². The molecule has 0 saturated heterocycles. The third-order valence-electron chi connectivity index (χ3n) is 3.59. The van der Waals surface area contributed by atoms with Crippen LogP contribution in [0.15, 0.2) is 0 Å². The summed E-state index contributed by atoms with van der Waals surface area (Å²) in [5.41, 5.74) is 5.67. The molecule has 1 aromatic rings. The SMILES string of the molecule is CN(C)c1nc(N)nc(NCCCC2CCCC2)n1. The topological polar surface area (TPSA) is 80.0 Å². The Kier molecular flexibility index (Phi) is 4.76. The van der Waals surface area contributed by atoms with Gasteiger partial charge in [-0.15, -0.1) is 0 Å². The van der Waals surface area contributed by atoms with E-state index in [1.165, 1.54) is 32.1 Å². The first kappa shape index (κ1) is 13.8. The predicted molar refractivity (Wildman–Crippen MR) is 78.2 cm³/mol. The summed E-state index contributed by atoms with van der Waals surface area (Å²) in [6.45, 7) is 0.896. The fourth-order valence-electron chi connectivity index (χ4n) is 2.55. The van der Waals surface area contributed by atoms with E-state index >= 15 is 0 Å². The second-order valence-corrected chi connectivity index (χ2v) is 5.43. The molecular weight excluding hydrogens is 240 g/mol. The molecule has 0 bridgehead atoms. The minimum Gasteiger partial charge on any atom is -0.368 e. The zero-order valence-corrected chi connectivity index (χ0v) is 11.9. The lowest BCUT2D eigenvalue weighted by Gasteiger charge is -2.12. The van der Waals surface area contributed by atoms with E-state index in [1.807, 2.05) is 19.0 Å². The lowest BCUT2D eigenvalue weighted by Crippen LogP contribution is -2.17. The third-order valence-corrected chi connectivity index (χ3v) is 3.59. The van der Waals surface area contributed by atoms with Gasteiger partial charge >= 0.3 is 0 Å². The van der Waals surface area contributed by atoms with E-state index in [0.717, 1.165) is 18.9 Å². The lowest BCUT2D eigenvalue weighted by atomic mass is 10.0. The maximum Gasteiger partial charge on any atom is 0.231 e. The molecule has 6 nitrogen and oxygen atoms in total. The van der Waals surface area contributed by atoms with Crippen molar-refractivity contribution in [2.45, 2.75) is 38.5 Å². The minimum atomic E-state index is 0.261. The van der Waals surface area contributed by atoms with Crippen molar-refractivity contribution in [2.24, 2.45) is 5.92 Å². The smallest absolute Gasteiger partial charge is 0.231 e. The molecule has 106 valence electrons. The predicted octanol–water partition coefficient (Wildman–Crippen LogP) is 1.90. The van der Waals surface area contributed by atoms with Gasteiger partial charge in [-0.05, 0) is 18.8 Å². The Morgan fingerprint density at radius 1 is 1.21 bits per heavy atom. The summed E-state index contributed by atoms with van der Waals surface area (Å²) < 4.78 is 0. The largest absolute Gasteiger partial charge is 0.368 e. The van der Waals surface area contributed by atoms with Gasteiger partial charge in [0.2, 0.25) is 17.8 Å². The first-order valence-electron chi connectivity index (χ1n) is 7.08. The van der Waals surface area contributed by atoms with Crippen LogP contribution in [0.1, 0.15) is 38.5 Å². The van der Waals surface area contributed by atoms with E-state index in [-0.39, 0.29) is 5.95 Å². The fraction of sp³-hybridized carbons (Fsp3) is 0.769. The van der Waals surface area contributed by atoms with Crippen molar-refractivity contribution in [3.8, 4) is 0 Å². The molecule has 19 heavy (non-hydrogen) atoms. The number of hydrogen-bond donors (Lipinski definition) is 2. The molecule has 3 N–H and O–H groups in total. The Bertz CT molecular complexity index is 400. The van der Waals surface area contributed by atoms with Crippen molar-refractivity contribution in [1.82, 2.24) is 15.0 Å². The molecule has 1 fully saturated rings. The molecule has 0 atom stereocenters. The quantitative estimate of drug-likeness (QED) is 0.764. The second kappa shape index (κ2) is 6.54. The highest BCUT2D eigenvalue weighted by atomic mass is 15.3. The highest BCUT2D eigenvalue weighted by Crippen LogP contribution is 2.28. The van der Waals surface area contributed by atoms with Gasteiger partial charge < -0.3 is 16.0 Å². The molecule has 0 aliphatic heterocycles. The van der Waals surface area contributed by atoms with E-state index in [9.17, 15) is 0 Å². The Hall–Kier alpha value is -1.59. The van der Waals surface area contributed by atoms with Crippen molar-refractivity contribution >= 4 is 17.8 Å². The third kappa shape index (κ3) is 4.22. The Morgan fingerprint density at radius 3 is 2.63 bits per heavy atom. The average Bonchev–Trinajstić information content (AvgIpc) is 2.87. The van der Waals surface area contributed by atoms with Gasteiger partial charge in [0.1, 0.15) is 0 Å². The average molecular weight is 264 g/mol. The van der Waals surface area contributed by atoms with E-state index in [2.05, 4.69) is 20.3 Å². The molecule has 1 saturated carbocycles. The molecule has 1 aromatic heterocycles. The standard InChI is InChI=1S/C13H24N6/c1-19(2)13-17-11(14)16-12(18-13)15-9-5-8-10-6-3-4-7-10/h10H,3-9H2,1-2H3,(H3,14,15,16,17,18). The summed E-state index contributed by atoms with van der Waals surface area (Å²) in [6, 6.07) is 0. The first-order valence-corrected chi connectivity index (χ1v) is 7.08. The summed E-state index contributed by atoms with van der Waals surface area (Å²) >= 11 is 0. The lowest BCUT2D eigenvalue weighted by molar-refractivity contribution is 0.491.